The van der Waals surface area contributed by atoms with Crippen molar-refractivity contribution in [3.05, 3.63) is 185 Å². The summed E-state index contributed by atoms with van der Waals surface area (Å²) in [7, 11) is 0. The van der Waals surface area contributed by atoms with Crippen LogP contribution in [0.4, 0.5) is 0 Å². The van der Waals surface area contributed by atoms with E-state index in [0.29, 0.717) is 0 Å². The molecule has 1 aliphatic rings. The summed E-state index contributed by atoms with van der Waals surface area (Å²) in [5.41, 5.74) is 14.5. The van der Waals surface area contributed by atoms with Gasteiger partial charge in [-0.3, -0.25) is 0 Å². The Morgan fingerprint density at radius 2 is 1.07 bits per heavy atom. The molecule has 7 aromatic carbocycles. The Labute approximate surface area is 329 Å². The van der Waals surface area contributed by atoms with Gasteiger partial charge in [-0.25, -0.2) is 0 Å². The van der Waals surface area contributed by atoms with E-state index in [1.165, 1.54) is 93.2 Å². The van der Waals surface area contributed by atoms with Crippen LogP contribution in [0.25, 0.3) is 95.2 Å². The highest BCUT2D eigenvalue weighted by Crippen LogP contribution is 2.56. The van der Waals surface area contributed by atoms with Gasteiger partial charge in [-0.1, -0.05) is 159 Å². The van der Waals surface area contributed by atoms with E-state index in [2.05, 4.69) is 211 Å². The van der Waals surface area contributed by atoms with Crippen molar-refractivity contribution in [2.24, 2.45) is 0 Å². The SMILES string of the molecule is CC=c1c(-c2ccc3c(c2)-c2c(c4c(C)c(/C=C\C)oc4c4ccccc24)C3(C)C)ccccccc(-c2ccc3cc(-c4ccccc4)ccc3c2)/c1=C/C. The predicted molar refractivity (Wildman–Crippen MR) is 242 cm³/mol. The average molecular weight is 723 g/mol. The summed E-state index contributed by atoms with van der Waals surface area (Å²) in [4.78, 5) is 0. The molecule has 1 nitrogen and oxygen atoms in total. The third kappa shape index (κ3) is 5.61. The summed E-state index contributed by atoms with van der Waals surface area (Å²) in [6, 6.07) is 53.4. The van der Waals surface area contributed by atoms with Crippen LogP contribution in [0.3, 0.4) is 0 Å². The van der Waals surface area contributed by atoms with Crippen molar-refractivity contribution in [2.75, 3.05) is 0 Å². The lowest BCUT2D eigenvalue weighted by Crippen LogP contribution is -2.27. The molecule has 0 bridgehead atoms. The molecule has 0 atom stereocenters. The van der Waals surface area contributed by atoms with Gasteiger partial charge in [-0.15, -0.1) is 0 Å². The van der Waals surface area contributed by atoms with Crippen LogP contribution >= 0.6 is 0 Å². The molecule has 0 spiro atoms. The van der Waals surface area contributed by atoms with E-state index >= 15 is 0 Å². The third-order valence-electron chi connectivity index (χ3n) is 11.9. The quantitative estimate of drug-likeness (QED) is 0.176. The number of fused-ring (bicyclic) bond motifs is 9. The fraction of sp³-hybridized carbons (Fsp3) is 0.127. The first-order valence-corrected chi connectivity index (χ1v) is 19.8. The summed E-state index contributed by atoms with van der Waals surface area (Å²) < 4.78 is 6.66. The predicted octanol–water partition coefficient (Wildman–Crippen LogP) is 14.1. The van der Waals surface area contributed by atoms with E-state index in [1.807, 2.05) is 0 Å². The number of furan rings is 1. The van der Waals surface area contributed by atoms with Gasteiger partial charge in [0.1, 0.15) is 11.3 Å². The largest absolute Gasteiger partial charge is 0.456 e. The highest BCUT2D eigenvalue weighted by atomic mass is 16.3. The van der Waals surface area contributed by atoms with Crippen molar-refractivity contribution in [1.29, 1.82) is 0 Å². The molecular formula is C55H46O. The van der Waals surface area contributed by atoms with Gasteiger partial charge in [0.05, 0.1) is 0 Å². The second kappa shape index (κ2) is 14.0. The second-order valence-corrected chi connectivity index (χ2v) is 15.5. The van der Waals surface area contributed by atoms with Crippen molar-refractivity contribution in [3.63, 3.8) is 0 Å². The van der Waals surface area contributed by atoms with Gasteiger partial charge in [-0.05, 0) is 134 Å². The van der Waals surface area contributed by atoms with Crippen LogP contribution in [-0.4, -0.2) is 0 Å². The molecule has 0 unspecified atom stereocenters. The molecule has 56 heavy (non-hydrogen) atoms. The summed E-state index contributed by atoms with van der Waals surface area (Å²) >= 11 is 0. The van der Waals surface area contributed by atoms with Crippen LogP contribution in [0.15, 0.2) is 156 Å². The first-order valence-electron chi connectivity index (χ1n) is 19.8. The van der Waals surface area contributed by atoms with E-state index in [0.717, 1.165) is 16.7 Å². The van der Waals surface area contributed by atoms with Gasteiger partial charge in [0, 0.05) is 21.8 Å². The molecule has 0 saturated carbocycles. The van der Waals surface area contributed by atoms with Crippen LogP contribution in [0.5, 0.6) is 0 Å². The van der Waals surface area contributed by atoms with E-state index in [-0.39, 0.29) is 5.41 Å². The fourth-order valence-electron chi connectivity index (χ4n) is 9.24. The molecule has 0 N–H and O–H groups in total. The Kier molecular flexibility index (Phi) is 8.82. The minimum Gasteiger partial charge on any atom is -0.456 e. The topological polar surface area (TPSA) is 13.1 Å². The zero-order chi connectivity index (χ0) is 38.6. The number of hydrogen-bond acceptors (Lipinski definition) is 1. The fourth-order valence-corrected chi connectivity index (χ4v) is 9.24. The van der Waals surface area contributed by atoms with Crippen molar-refractivity contribution >= 4 is 50.7 Å². The number of hydrogen-bond donors (Lipinski definition) is 0. The molecule has 1 aromatic heterocycles. The highest BCUT2D eigenvalue weighted by molar-refractivity contribution is 6.17. The smallest absolute Gasteiger partial charge is 0.143 e. The lowest BCUT2D eigenvalue weighted by molar-refractivity contribution is 0.603. The minimum atomic E-state index is -0.214. The average Bonchev–Trinajstić information content (AvgIpc) is 3.68. The van der Waals surface area contributed by atoms with E-state index in [4.69, 9.17) is 4.42 Å². The molecule has 1 aliphatic carbocycles. The van der Waals surface area contributed by atoms with Crippen molar-refractivity contribution in [2.45, 2.75) is 47.0 Å². The third-order valence-corrected chi connectivity index (χ3v) is 11.9. The maximum atomic E-state index is 6.66. The molecule has 1 heterocycles. The Hall–Kier alpha value is -6.44. The van der Waals surface area contributed by atoms with Gasteiger partial charge in [0.15, 0.2) is 0 Å². The van der Waals surface area contributed by atoms with Crippen LogP contribution in [0.2, 0.25) is 0 Å². The Morgan fingerprint density at radius 3 is 1.73 bits per heavy atom. The van der Waals surface area contributed by atoms with E-state index < -0.39 is 0 Å². The second-order valence-electron chi connectivity index (χ2n) is 15.5. The van der Waals surface area contributed by atoms with Crippen LogP contribution in [-0.2, 0) is 5.41 Å². The summed E-state index contributed by atoms with van der Waals surface area (Å²) in [6.07, 6.45) is 8.72. The number of rotatable bonds is 4. The highest BCUT2D eigenvalue weighted by Gasteiger charge is 2.40. The standard InChI is InChI=1S/C55H46O/c1-7-19-50-35(4)51-53-52(46-24-17-18-25-47(46)54(51)56-50)48-34-41(30-31-49(48)55(53,5)6)45-23-16-11-10-15-22-44(42(8-2)43(45)9-3)40-29-28-38-32-37(26-27-39(38)33-40)36-20-13-12-14-21-36/h7-34H,1-6H3/b15-10?,16-11?,19-7-,42-8+,43-9?,44-22?,45-23?. The van der Waals surface area contributed by atoms with Crippen LogP contribution in [0.1, 0.15) is 57.1 Å². The zero-order valence-corrected chi connectivity index (χ0v) is 33.1. The molecule has 9 rings (SSSR count). The van der Waals surface area contributed by atoms with E-state index in [9.17, 15) is 0 Å². The Morgan fingerprint density at radius 1 is 0.518 bits per heavy atom. The zero-order valence-electron chi connectivity index (χ0n) is 33.1. The van der Waals surface area contributed by atoms with Crippen LogP contribution < -0.4 is 10.4 Å². The normalized spacial score (nSPS) is 13.8. The molecule has 8 aromatic rings. The molecule has 0 saturated heterocycles. The first-order chi connectivity index (χ1) is 27.3. The molecule has 1 heteroatoms. The molecule has 0 fully saturated rings. The molecule has 0 aliphatic heterocycles. The monoisotopic (exact) mass is 722 g/mol. The minimum absolute atomic E-state index is 0.214. The number of aryl methyl sites for hydroxylation is 1. The van der Waals surface area contributed by atoms with Gasteiger partial charge >= 0.3 is 0 Å². The van der Waals surface area contributed by atoms with Gasteiger partial charge < -0.3 is 4.42 Å². The molecule has 272 valence electrons. The van der Waals surface area contributed by atoms with E-state index in [1.54, 1.807) is 0 Å². The molecule has 0 radical (unpaired) electrons. The van der Waals surface area contributed by atoms with Gasteiger partial charge in [0.2, 0.25) is 0 Å². The van der Waals surface area contributed by atoms with Crippen LogP contribution in [0, 0.1) is 6.92 Å². The maximum Gasteiger partial charge on any atom is 0.143 e. The lowest BCUT2D eigenvalue weighted by Gasteiger charge is -2.23. The summed E-state index contributed by atoms with van der Waals surface area (Å²) in [5.74, 6) is 0.935. The van der Waals surface area contributed by atoms with Gasteiger partial charge in [0.25, 0.3) is 0 Å². The maximum absolute atomic E-state index is 6.66. The Balaban J connectivity index is 1.27. The number of allylic oxidation sites excluding steroid dienone is 1. The van der Waals surface area contributed by atoms with Crippen molar-refractivity contribution < 1.29 is 4.42 Å². The van der Waals surface area contributed by atoms with Gasteiger partial charge in [-0.2, -0.15) is 0 Å². The van der Waals surface area contributed by atoms with Crippen molar-refractivity contribution in [3.8, 4) is 44.5 Å². The Bertz CT molecular complexity index is 3080. The summed E-state index contributed by atoms with van der Waals surface area (Å²) in [6.45, 7) is 13.4. The number of benzene rings is 6. The molecule has 0 amide bonds. The first kappa shape index (κ1) is 35.3. The van der Waals surface area contributed by atoms with Crippen molar-refractivity contribution in [1.82, 2.24) is 0 Å². The summed E-state index contributed by atoms with van der Waals surface area (Å²) in [5, 5.41) is 8.52. The molecular weight excluding hydrogens is 677 g/mol. The lowest BCUT2D eigenvalue weighted by atomic mass is 9.79.